The lowest BCUT2D eigenvalue weighted by Crippen LogP contribution is -2.61. The molecule has 0 spiro atoms. The molecule has 12 heteroatoms. The van der Waals surface area contributed by atoms with E-state index in [0.717, 1.165) is 64.0 Å². The van der Waals surface area contributed by atoms with Crippen molar-refractivity contribution in [2.24, 2.45) is 5.92 Å². The average molecular weight is 645 g/mol. The lowest BCUT2D eigenvalue weighted by Gasteiger charge is -2.52. The number of nitrogens with zero attached hydrogens (tertiary/aromatic N) is 2. The Morgan fingerprint density at radius 3 is 1.76 bits per heavy atom. The van der Waals surface area contributed by atoms with Crippen molar-refractivity contribution in [1.29, 1.82) is 0 Å². The Kier molecular flexibility index (Phi) is 12.3. The predicted octanol–water partition coefficient (Wildman–Crippen LogP) is 5.11. The van der Waals surface area contributed by atoms with Crippen molar-refractivity contribution >= 4 is 30.1 Å². The van der Waals surface area contributed by atoms with Gasteiger partial charge in [-0.05, 0) is 76.7 Å². The Morgan fingerprint density at radius 2 is 1.28 bits per heavy atom. The van der Waals surface area contributed by atoms with Gasteiger partial charge in [-0.15, -0.1) is 0 Å². The van der Waals surface area contributed by atoms with E-state index >= 15 is 0 Å². The van der Waals surface area contributed by atoms with E-state index in [0.29, 0.717) is 32.5 Å². The van der Waals surface area contributed by atoms with Crippen molar-refractivity contribution in [2.75, 3.05) is 20.3 Å². The second-order valence-corrected chi connectivity index (χ2v) is 12.8. The Balaban J connectivity index is 0.000000230. The number of esters is 2. The molecule has 12 nitrogen and oxygen atoms in total. The number of carboxylic acids is 1. The Morgan fingerprint density at radius 1 is 0.783 bits per heavy atom. The smallest absolute Gasteiger partial charge is 0.418 e. The van der Waals surface area contributed by atoms with Crippen molar-refractivity contribution in [3.63, 3.8) is 0 Å². The van der Waals surface area contributed by atoms with Gasteiger partial charge in [0.15, 0.2) is 0 Å². The minimum absolute atomic E-state index is 0.0827. The van der Waals surface area contributed by atoms with Crippen LogP contribution < -0.4 is 0 Å². The van der Waals surface area contributed by atoms with Crippen LogP contribution in [0.3, 0.4) is 0 Å². The Labute approximate surface area is 270 Å². The second-order valence-electron chi connectivity index (χ2n) is 12.8. The van der Waals surface area contributed by atoms with E-state index in [1.54, 1.807) is 6.92 Å². The number of piperidine rings is 4. The van der Waals surface area contributed by atoms with Crippen LogP contribution in [0.4, 0.5) is 9.59 Å². The average Bonchev–Trinajstić information content (AvgIpc) is 3.00. The van der Waals surface area contributed by atoms with Crippen molar-refractivity contribution in [2.45, 2.75) is 121 Å². The number of carbonyl (C=O) groups excluding carboxylic acids is 4. The minimum atomic E-state index is -1.01. The van der Waals surface area contributed by atoms with Crippen LogP contribution in [0.5, 0.6) is 0 Å². The molecule has 4 atom stereocenters. The van der Waals surface area contributed by atoms with Crippen LogP contribution in [0.25, 0.3) is 0 Å². The van der Waals surface area contributed by atoms with Crippen molar-refractivity contribution in [3.8, 4) is 0 Å². The van der Waals surface area contributed by atoms with Crippen LogP contribution >= 0.6 is 0 Å². The molecule has 0 radical (unpaired) electrons. The van der Waals surface area contributed by atoms with Crippen molar-refractivity contribution in [1.82, 2.24) is 9.80 Å². The van der Waals surface area contributed by atoms with Crippen molar-refractivity contribution < 1.29 is 48.0 Å². The van der Waals surface area contributed by atoms with Gasteiger partial charge in [-0.3, -0.25) is 4.79 Å². The number of methoxy groups -OCH3 is 1. The number of ether oxygens (including phenoxy) is 4. The SMILES string of the molecule is CCOC(=O)N1C2CCCC1CC(CC(=O)O)C2.CCOC(=O)N1C2CCCC1CC(Cc1ccccc1)(OC(=O)C(=O)OC)C2. The highest BCUT2D eigenvalue weighted by Crippen LogP contribution is 2.43. The molecule has 1 aromatic rings. The van der Waals surface area contributed by atoms with Gasteiger partial charge >= 0.3 is 30.1 Å². The summed E-state index contributed by atoms with van der Waals surface area (Å²) in [5, 5.41) is 8.88. The molecule has 2 amide bonds. The molecule has 4 fully saturated rings. The summed E-state index contributed by atoms with van der Waals surface area (Å²) in [5.74, 6) is -2.52. The van der Waals surface area contributed by atoms with Gasteiger partial charge in [0.1, 0.15) is 5.60 Å². The summed E-state index contributed by atoms with van der Waals surface area (Å²) < 4.78 is 20.7. The van der Waals surface area contributed by atoms with Crippen molar-refractivity contribution in [3.05, 3.63) is 35.9 Å². The van der Waals surface area contributed by atoms with Gasteiger partial charge < -0.3 is 33.9 Å². The number of aliphatic carboxylic acids is 1. The first-order chi connectivity index (χ1) is 22.1. The maximum Gasteiger partial charge on any atom is 0.418 e. The van der Waals surface area contributed by atoms with Gasteiger partial charge in [0, 0.05) is 49.9 Å². The van der Waals surface area contributed by atoms with E-state index < -0.39 is 23.5 Å². The molecule has 5 rings (SSSR count). The van der Waals surface area contributed by atoms with Gasteiger partial charge in [-0.25, -0.2) is 19.2 Å². The number of amides is 2. The standard InChI is InChI=1S/C21H27NO6.C13H21NO4/c1-3-27-20(25)22-16-10-7-11-17(22)14-21(13-16,28-19(24)18(23)26-2)12-15-8-5-4-6-9-15;1-2-18-13(17)14-10-4-3-5-11(14)7-9(6-10)8-12(15)16/h4-6,8-9,16-17H,3,7,10-14H2,1-2H3;9-11H,2-8H2,1H3,(H,15,16). The summed E-state index contributed by atoms with van der Waals surface area (Å²) >= 11 is 0. The third-order valence-corrected chi connectivity index (χ3v) is 9.60. The molecule has 46 heavy (non-hydrogen) atoms. The first-order valence-electron chi connectivity index (χ1n) is 16.6. The Hall–Kier alpha value is -3.83. The van der Waals surface area contributed by atoms with Gasteiger partial charge in [0.05, 0.1) is 20.3 Å². The third kappa shape index (κ3) is 8.70. The molecule has 4 saturated heterocycles. The summed E-state index contributed by atoms with van der Waals surface area (Å²) in [6.07, 6.45) is 8.47. The summed E-state index contributed by atoms with van der Waals surface area (Å²) in [6, 6.07) is 9.93. The third-order valence-electron chi connectivity index (χ3n) is 9.60. The molecule has 4 aliphatic rings. The maximum absolute atomic E-state index is 12.5. The highest BCUT2D eigenvalue weighted by Gasteiger charge is 2.51. The highest BCUT2D eigenvalue weighted by molar-refractivity contribution is 6.29. The molecule has 254 valence electrons. The molecule has 4 aliphatic heterocycles. The molecule has 4 unspecified atom stereocenters. The van der Waals surface area contributed by atoms with E-state index in [2.05, 4.69) is 4.74 Å². The molecule has 1 N–H and O–H groups in total. The van der Waals surface area contributed by atoms with Crippen LogP contribution in [-0.4, -0.2) is 95.1 Å². The molecule has 0 aliphatic carbocycles. The first-order valence-corrected chi connectivity index (χ1v) is 16.6. The highest BCUT2D eigenvalue weighted by atomic mass is 16.6. The molecule has 1 aromatic carbocycles. The summed E-state index contributed by atoms with van der Waals surface area (Å²) in [5.41, 5.74) is 0.161. The zero-order valence-corrected chi connectivity index (χ0v) is 27.2. The summed E-state index contributed by atoms with van der Waals surface area (Å²) in [6.45, 7) is 4.31. The topological polar surface area (TPSA) is 149 Å². The lowest BCUT2D eigenvalue weighted by molar-refractivity contribution is -0.184. The normalized spacial score (nSPS) is 28.1. The molecular formula is C34H48N2O10. The van der Waals surface area contributed by atoms with E-state index in [1.807, 2.05) is 47.1 Å². The largest absolute Gasteiger partial charge is 0.481 e. The molecule has 0 aromatic heterocycles. The molecular weight excluding hydrogens is 596 g/mol. The van der Waals surface area contributed by atoms with Gasteiger partial charge in [0.25, 0.3) is 0 Å². The van der Waals surface area contributed by atoms with E-state index in [4.69, 9.17) is 19.3 Å². The fourth-order valence-electron chi connectivity index (χ4n) is 7.96. The number of carboxylic acid groups (broad SMARTS) is 1. The fraction of sp³-hybridized carbons (Fsp3) is 0.676. The summed E-state index contributed by atoms with van der Waals surface area (Å²) in [4.78, 5) is 62.9. The van der Waals surface area contributed by atoms with E-state index in [9.17, 15) is 24.0 Å². The lowest BCUT2D eigenvalue weighted by atomic mass is 9.73. The van der Waals surface area contributed by atoms with Crippen LogP contribution in [-0.2, 0) is 39.8 Å². The number of benzene rings is 1. The molecule has 4 bridgehead atoms. The Bertz CT molecular complexity index is 1200. The van der Waals surface area contributed by atoms with E-state index in [-0.39, 0.29) is 48.7 Å². The van der Waals surface area contributed by atoms with Gasteiger partial charge in [-0.2, -0.15) is 0 Å². The molecule has 4 heterocycles. The number of hydrogen-bond acceptors (Lipinski definition) is 9. The van der Waals surface area contributed by atoms with Crippen LogP contribution in [0, 0.1) is 5.92 Å². The summed E-state index contributed by atoms with van der Waals surface area (Å²) in [7, 11) is 1.16. The van der Waals surface area contributed by atoms with Crippen LogP contribution in [0.15, 0.2) is 30.3 Å². The number of fused-ring (bicyclic) bond motifs is 4. The second kappa shape index (κ2) is 16.1. The molecule has 0 saturated carbocycles. The van der Waals surface area contributed by atoms with Crippen LogP contribution in [0.2, 0.25) is 0 Å². The predicted molar refractivity (Wildman–Crippen MR) is 166 cm³/mol. The van der Waals surface area contributed by atoms with Gasteiger partial charge in [0.2, 0.25) is 0 Å². The minimum Gasteiger partial charge on any atom is -0.481 e. The van der Waals surface area contributed by atoms with Crippen LogP contribution in [0.1, 0.15) is 90.0 Å². The quantitative estimate of drug-likeness (QED) is 0.241. The monoisotopic (exact) mass is 644 g/mol. The number of rotatable bonds is 7. The first kappa shape index (κ1) is 35.0. The van der Waals surface area contributed by atoms with Gasteiger partial charge in [-0.1, -0.05) is 30.3 Å². The number of hydrogen-bond donors (Lipinski definition) is 1. The maximum atomic E-state index is 12.5. The van der Waals surface area contributed by atoms with E-state index in [1.165, 1.54) is 0 Å². The zero-order valence-electron chi connectivity index (χ0n) is 27.2. The fourth-order valence-corrected chi connectivity index (χ4v) is 7.96. The zero-order chi connectivity index (χ0) is 33.3. The number of carbonyl (C=O) groups is 5.